The first-order valence-electron chi connectivity index (χ1n) is 10.3. The van der Waals surface area contributed by atoms with Gasteiger partial charge >= 0.3 is 5.91 Å². The summed E-state index contributed by atoms with van der Waals surface area (Å²) in [5, 5.41) is 26.8. The van der Waals surface area contributed by atoms with Crippen molar-refractivity contribution in [3.63, 3.8) is 0 Å². The van der Waals surface area contributed by atoms with Crippen molar-refractivity contribution in [3.8, 4) is 5.75 Å². The van der Waals surface area contributed by atoms with Gasteiger partial charge in [0.05, 0.1) is 24.6 Å². The Morgan fingerprint density at radius 1 is 1.17 bits per heavy atom. The number of fused-ring (bicyclic) bond motifs is 1. The summed E-state index contributed by atoms with van der Waals surface area (Å²) >= 11 is 0. The molecule has 6 heteroatoms. The van der Waals surface area contributed by atoms with Gasteiger partial charge in [-0.05, 0) is 48.6 Å². The van der Waals surface area contributed by atoms with Crippen molar-refractivity contribution in [2.45, 2.75) is 44.2 Å². The highest BCUT2D eigenvalue weighted by Gasteiger charge is 2.28. The van der Waals surface area contributed by atoms with Crippen LogP contribution in [-0.4, -0.2) is 30.3 Å². The van der Waals surface area contributed by atoms with E-state index < -0.39 is 12.0 Å². The van der Waals surface area contributed by atoms with Gasteiger partial charge < -0.3 is 20.4 Å². The Morgan fingerprint density at radius 3 is 2.63 bits per heavy atom. The molecule has 0 radical (unpaired) electrons. The van der Waals surface area contributed by atoms with Crippen LogP contribution in [0.3, 0.4) is 0 Å². The topological polar surface area (TPSA) is 85.5 Å². The molecule has 1 saturated carbocycles. The van der Waals surface area contributed by atoms with Crippen molar-refractivity contribution >= 4 is 16.8 Å². The van der Waals surface area contributed by atoms with Crippen LogP contribution in [0, 0.1) is 5.21 Å². The Morgan fingerprint density at radius 2 is 1.90 bits per heavy atom. The Hall–Kier alpha value is -3.12. The molecule has 1 aromatic heterocycles. The molecule has 2 atom stereocenters. The third kappa shape index (κ3) is 4.09. The summed E-state index contributed by atoms with van der Waals surface area (Å²) in [6.45, 7) is 0. The van der Waals surface area contributed by atoms with Crippen LogP contribution in [0.5, 0.6) is 5.75 Å². The van der Waals surface area contributed by atoms with Crippen LogP contribution in [0.1, 0.15) is 47.3 Å². The van der Waals surface area contributed by atoms with Crippen molar-refractivity contribution in [1.82, 2.24) is 5.32 Å². The number of nitrogens with zero attached hydrogens (tertiary/aromatic N) is 1. The molecule has 156 valence electrons. The summed E-state index contributed by atoms with van der Waals surface area (Å²) in [6.07, 6.45) is 3.32. The zero-order chi connectivity index (χ0) is 21.1. The maximum absolute atomic E-state index is 13.0. The number of aliphatic hydroxyl groups is 1. The van der Waals surface area contributed by atoms with Crippen molar-refractivity contribution in [1.29, 1.82) is 0 Å². The van der Waals surface area contributed by atoms with Crippen LogP contribution in [0.25, 0.3) is 10.9 Å². The maximum atomic E-state index is 13.0. The van der Waals surface area contributed by atoms with Crippen molar-refractivity contribution < 1.29 is 19.4 Å². The van der Waals surface area contributed by atoms with Crippen molar-refractivity contribution in [2.24, 2.45) is 0 Å². The van der Waals surface area contributed by atoms with E-state index in [9.17, 15) is 15.1 Å². The predicted molar refractivity (Wildman–Crippen MR) is 114 cm³/mol. The molecule has 30 heavy (non-hydrogen) atoms. The summed E-state index contributed by atoms with van der Waals surface area (Å²) < 4.78 is 5.91. The van der Waals surface area contributed by atoms with Crippen LogP contribution in [0.4, 0.5) is 0 Å². The molecule has 2 aromatic carbocycles. The van der Waals surface area contributed by atoms with Gasteiger partial charge in [-0.2, -0.15) is 4.73 Å². The minimum absolute atomic E-state index is 0.0509. The largest absolute Gasteiger partial charge is 0.618 e. The molecule has 0 saturated heterocycles. The fraction of sp³-hybridized carbons (Fsp3) is 0.333. The summed E-state index contributed by atoms with van der Waals surface area (Å²) in [4.78, 5) is 13.0. The van der Waals surface area contributed by atoms with Gasteiger partial charge in [0.2, 0.25) is 5.52 Å². The number of hydrogen-bond acceptors (Lipinski definition) is 4. The molecular formula is C24H26N2O4. The number of benzene rings is 2. The molecule has 0 spiro atoms. The van der Waals surface area contributed by atoms with E-state index in [2.05, 4.69) is 5.32 Å². The molecule has 1 aliphatic carbocycles. The van der Waals surface area contributed by atoms with E-state index in [1.807, 2.05) is 36.4 Å². The lowest BCUT2D eigenvalue weighted by Gasteiger charge is -2.28. The average Bonchev–Trinajstić information content (AvgIpc) is 2.77. The second-order valence-electron chi connectivity index (χ2n) is 7.82. The Labute approximate surface area is 175 Å². The lowest BCUT2D eigenvalue weighted by atomic mass is 9.92. The van der Waals surface area contributed by atoms with Crippen LogP contribution in [0.2, 0.25) is 0 Å². The second kappa shape index (κ2) is 8.71. The third-order valence-electron chi connectivity index (χ3n) is 5.83. The van der Waals surface area contributed by atoms with Crippen molar-refractivity contribution in [2.75, 3.05) is 7.11 Å². The van der Waals surface area contributed by atoms with Gasteiger partial charge in [0, 0.05) is 12.1 Å². The summed E-state index contributed by atoms with van der Waals surface area (Å²) in [5.74, 6) is 0.331. The molecule has 1 amide bonds. The molecule has 3 aromatic rings. The number of pyridine rings is 1. The highest BCUT2D eigenvalue weighted by Crippen LogP contribution is 2.23. The standard InChI is InChI=1S/C24H26N2O4/c1-30-18-12-10-16(11-13-18)14-17-15-22(26(29)21-8-4-2-6-19(17)21)24(28)25-20-7-3-5-9-23(20)27/h2,4,6,8,10-13,15,20,23,27H,3,5,7,9,14H2,1H3,(H,25,28)/t20-,23-/m0/s1. The highest BCUT2D eigenvalue weighted by atomic mass is 16.5. The van der Waals surface area contributed by atoms with Gasteiger partial charge in [0.1, 0.15) is 5.75 Å². The molecule has 4 rings (SSSR count). The monoisotopic (exact) mass is 406 g/mol. The molecule has 0 unspecified atom stereocenters. The maximum Gasteiger partial charge on any atom is 0.317 e. The lowest BCUT2D eigenvalue weighted by molar-refractivity contribution is -0.579. The van der Waals surface area contributed by atoms with Gasteiger partial charge in [-0.15, -0.1) is 0 Å². The third-order valence-corrected chi connectivity index (χ3v) is 5.83. The number of ether oxygens (including phenoxy) is 1. The van der Waals surface area contributed by atoms with E-state index in [1.54, 1.807) is 25.3 Å². The highest BCUT2D eigenvalue weighted by molar-refractivity contribution is 5.93. The van der Waals surface area contributed by atoms with Gasteiger partial charge in [-0.25, -0.2) is 0 Å². The predicted octanol–water partition coefficient (Wildman–Crippen LogP) is 3.11. The number of nitrogens with one attached hydrogen (secondary N) is 1. The zero-order valence-electron chi connectivity index (χ0n) is 17.0. The minimum atomic E-state index is -0.568. The summed E-state index contributed by atoms with van der Waals surface area (Å²) in [5.41, 5.74) is 2.46. The number of methoxy groups -OCH3 is 1. The van der Waals surface area contributed by atoms with E-state index in [0.717, 1.165) is 41.5 Å². The molecule has 1 aliphatic rings. The fourth-order valence-electron chi connectivity index (χ4n) is 4.14. The molecule has 1 fully saturated rings. The first-order chi connectivity index (χ1) is 14.6. The van der Waals surface area contributed by atoms with Crippen molar-refractivity contribution in [3.05, 3.63) is 76.6 Å². The van der Waals surface area contributed by atoms with E-state index in [1.165, 1.54) is 0 Å². The average molecular weight is 406 g/mol. The van der Waals surface area contributed by atoms with Crippen LogP contribution >= 0.6 is 0 Å². The molecule has 6 nitrogen and oxygen atoms in total. The zero-order valence-corrected chi connectivity index (χ0v) is 17.0. The fourth-order valence-corrected chi connectivity index (χ4v) is 4.14. The van der Waals surface area contributed by atoms with Crippen LogP contribution < -0.4 is 14.8 Å². The Kier molecular flexibility index (Phi) is 5.86. The lowest BCUT2D eigenvalue weighted by Crippen LogP contribution is -2.48. The van der Waals surface area contributed by atoms with Crippen LogP contribution in [0.15, 0.2) is 54.6 Å². The van der Waals surface area contributed by atoms with Gasteiger partial charge in [-0.3, -0.25) is 4.79 Å². The van der Waals surface area contributed by atoms with E-state index in [-0.39, 0.29) is 11.7 Å². The number of amides is 1. The first kappa shape index (κ1) is 20.2. The number of aromatic nitrogens is 1. The smallest absolute Gasteiger partial charge is 0.317 e. The molecule has 0 aliphatic heterocycles. The van der Waals surface area contributed by atoms with E-state index >= 15 is 0 Å². The molecule has 0 bridgehead atoms. The molecular weight excluding hydrogens is 380 g/mol. The first-order valence-corrected chi connectivity index (χ1v) is 10.3. The normalized spacial score (nSPS) is 18.9. The number of carbonyl (C=O) groups is 1. The SMILES string of the molecule is COc1ccc(Cc2cc(C(=O)N[C@H]3CCCC[C@@H]3O)[n+]([O-])c3ccccc23)cc1. The van der Waals surface area contributed by atoms with E-state index in [0.29, 0.717) is 23.1 Å². The minimum Gasteiger partial charge on any atom is -0.618 e. The second-order valence-corrected chi connectivity index (χ2v) is 7.82. The number of rotatable bonds is 5. The molecule has 1 heterocycles. The van der Waals surface area contributed by atoms with Gasteiger partial charge in [0.15, 0.2) is 0 Å². The summed E-state index contributed by atoms with van der Waals surface area (Å²) in [6, 6.07) is 16.4. The molecule has 2 N–H and O–H groups in total. The van der Waals surface area contributed by atoms with Crippen LogP contribution in [-0.2, 0) is 6.42 Å². The number of aliphatic hydroxyl groups excluding tert-OH is 1. The Bertz CT molecular complexity index is 1050. The number of para-hydroxylation sites is 1. The quantitative estimate of drug-likeness (QED) is 0.504. The Balaban J connectivity index is 1.69. The number of hydrogen-bond donors (Lipinski definition) is 2. The van der Waals surface area contributed by atoms with Gasteiger partial charge in [-0.1, -0.05) is 37.1 Å². The number of carbonyl (C=O) groups excluding carboxylic acids is 1. The van der Waals surface area contributed by atoms with E-state index in [4.69, 9.17) is 4.74 Å². The van der Waals surface area contributed by atoms with Gasteiger partial charge in [0.25, 0.3) is 5.69 Å². The summed E-state index contributed by atoms with van der Waals surface area (Å²) in [7, 11) is 1.63.